The van der Waals surface area contributed by atoms with E-state index in [1.54, 1.807) is 78.1 Å². The first kappa shape index (κ1) is 49.9. The van der Waals surface area contributed by atoms with Crippen molar-refractivity contribution in [3.8, 4) is 0 Å². The van der Waals surface area contributed by atoms with E-state index in [-0.39, 0.29) is 29.0 Å². The van der Waals surface area contributed by atoms with Gasteiger partial charge in [-0.25, -0.2) is 0 Å². The van der Waals surface area contributed by atoms with Gasteiger partial charge in [0.05, 0.1) is 0 Å². The van der Waals surface area contributed by atoms with Crippen molar-refractivity contribution in [1.82, 2.24) is 0 Å². The Morgan fingerprint density at radius 3 is 1.08 bits per heavy atom. The third-order valence-electron chi connectivity index (χ3n) is 15.1. The van der Waals surface area contributed by atoms with Crippen LogP contribution in [0.3, 0.4) is 0 Å². The monoisotopic (exact) mass is 878 g/mol. The molecule has 0 N–H and O–H groups in total. The van der Waals surface area contributed by atoms with Crippen molar-refractivity contribution in [1.29, 1.82) is 0 Å². The maximum atomic E-state index is 7.63. The fourth-order valence-corrected chi connectivity index (χ4v) is 11.3. The van der Waals surface area contributed by atoms with Crippen molar-refractivity contribution in [2.45, 2.75) is 318 Å². The van der Waals surface area contributed by atoms with Gasteiger partial charge in [-0.15, -0.1) is 0 Å². The summed E-state index contributed by atoms with van der Waals surface area (Å²) in [6, 6.07) is 0. The van der Waals surface area contributed by atoms with Crippen molar-refractivity contribution in [2.75, 3.05) is 0 Å². The Kier molecular flexibility index (Phi) is 27.6. The quantitative estimate of drug-likeness (QED) is 0.264. The van der Waals surface area contributed by atoms with Crippen LogP contribution in [0.15, 0.2) is 0 Å². The molecule has 0 aliphatic heterocycles. The summed E-state index contributed by atoms with van der Waals surface area (Å²) >= 11 is 0. The molecule has 0 aromatic heterocycles. The van der Waals surface area contributed by atoms with Crippen LogP contribution in [0, 0.1) is 81.3 Å². The second kappa shape index (κ2) is 34.3. The third kappa shape index (κ3) is 33.5. The summed E-state index contributed by atoms with van der Waals surface area (Å²) in [5.74, 6) is 7.72. The second-order valence-electron chi connectivity index (χ2n) is 25.7. The van der Waals surface area contributed by atoms with Crippen LogP contribution in [0.5, 0.6) is 0 Å². The number of rotatable bonds is 4. The Morgan fingerprint density at radius 1 is 0.532 bits per heavy atom. The highest BCUT2D eigenvalue weighted by Crippen LogP contribution is 2.61. The van der Waals surface area contributed by atoms with E-state index in [0.717, 1.165) is 72.5 Å². The molecular weight excluding hydrogens is 745 g/mol. The molecule has 9 fully saturated rings. The van der Waals surface area contributed by atoms with E-state index in [0.29, 0.717) is 5.41 Å². The number of hydrogen-bond acceptors (Lipinski definition) is 0. The predicted molar refractivity (Wildman–Crippen MR) is 287 cm³/mol. The fourth-order valence-electron chi connectivity index (χ4n) is 11.3. The van der Waals surface area contributed by atoms with Gasteiger partial charge >= 0.3 is 0 Å². The molecule has 0 spiro atoms. The van der Waals surface area contributed by atoms with Crippen molar-refractivity contribution >= 4 is 0 Å². The van der Waals surface area contributed by atoms with E-state index in [9.17, 15) is 0 Å². The van der Waals surface area contributed by atoms with Gasteiger partial charge in [-0.05, 0) is 139 Å². The average molecular weight is 879 g/mol. The molecule has 9 rings (SSSR count). The van der Waals surface area contributed by atoms with E-state index in [1.807, 2.05) is 69.2 Å². The summed E-state index contributed by atoms with van der Waals surface area (Å²) in [5, 5.41) is 0. The first-order valence-corrected chi connectivity index (χ1v) is 27.7. The van der Waals surface area contributed by atoms with Crippen LogP contribution in [-0.4, -0.2) is 0 Å². The van der Waals surface area contributed by atoms with E-state index in [2.05, 4.69) is 48.5 Å². The zero-order chi connectivity index (χ0) is 53.7. The molecule has 9 aliphatic rings. The van der Waals surface area contributed by atoms with Gasteiger partial charge in [-0.1, -0.05) is 260 Å². The predicted octanol–water partition coefficient (Wildman–Crippen LogP) is 22.4. The Balaban J connectivity index is 0.000000764. The largest absolute Gasteiger partial charge is 0.0651 e. The summed E-state index contributed by atoms with van der Waals surface area (Å²) in [5.41, 5.74) is 1.11. The van der Waals surface area contributed by atoms with Gasteiger partial charge in [0.1, 0.15) is 0 Å². The topological polar surface area (TPSA) is 0 Å². The van der Waals surface area contributed by atoms with E-state index in [4.69, 9.17) is 9.60 Å². The minimum Gasteiger partial charge on any atom is -0.0651 e. The minimum absolute atomic E-state index is 0.0556. The molecule has 0 heteroatoms. The van der Waals surface area contributed by atoms with E-state index < -0.39 is 12.7 Å². The number of fused-ring (bicyclic) bond motifs is 2. The molecule has 0 aromatic carbocycles. The highest BCUT2D eigenvalue weighted by molar-refractivity contribution is 5.00. The van der Waals surface area contributed by atoms with Gasteiger partial charge in [-0.3, -0.25) is 0 Å². The fraction of sp³-hybridized carbons (Fsp3) is 1.00. The SMILES string of the molecule is CC(C)(C)C.CCC12CC3CC(CC(C3)C1)C2.CCC1CC2CCC1C2.CCC1CCCCC1.[2H]C(C)(C)C.[2H]C([2H])(C)C(C)(C)C.[2H]C([2H])(C)C(C)C.[2H]C1(C)CCCC1.[2H]C1(C)CCCCC1. The maximum absolute atomic E-state index is 7.63. The molecule has 0 heterocycles. The zero-order valence-corrected chi connectivity index (χ0v) is 46.7. The lowest BCUT2D eigenvalue weighted by molar-refractivity contribution is -0.0545. The van der Waals surface area contributed by atoms with E-state index in [1.165, 1.54) is 83.5 Å². The van der Waals surface area contributed by atoms with Crippen LogP contribution in [0.1, 0.15) is 327 Å². The van der Waals surface area contributed by atoms with Crippen molar-refractivity contribution in [2.24, 2.45) is 81.3 Å². The summed E-state index contributed by atoms with van der Waals surface area (Å²) in [6.07, 6.45) is 36.6. The number of hydrogen-bond donors (Lipinski definition) is 0. The highest BCUT2D eigenvalue weighted by Gasteiger charge is 2.49. The molecule has 0 radical (unpaired) electrons. The first-order valence-electron chi connectivity index (χ1n) is 31.2. The van der Waals surface area contributed by atoms with Crippen LogP contribution in [0.4, 0.5) is 0 Å². The molecule has 62 heavy (non-hydrogen) atoms. The summed E-state index contributed by atoms with van der Waals surface area (Å²) in [6.45, 7) is 38.1. The van der Waals surface area contributed by atoms with Crippen LogP contribution in [0.2, 0.25) is 0 Å². The van der Waals surface area contributed by atoms with Crippen LogP contribution in [0.25, 0.3) is 0 Å². The molecule has 374 valence electrons. The van der Waals surface area contributed by atoms with Gasteiger partial charge in [0.15, 0.2) is 0 Å². The summed E-state index contributed by atoms with van der Waals surface area (Å²) in [7, 11) is 0. The van der Waals surface area contributed by atoms with Gasteiger partial charge in [0.25, 0.3) is 0 Å². The van der Waals surface area contributed by atoms with Crippen molar-refractivity contribution < 1.29 is 9.60 Å². The summed E-state index contributed by atoms with van der Waals surface area (Å²) in [4.78, 5) is 0. The van der Waals surface area contributed by atoms with Crippen molar-refractivity contribution in [3.05, 3.63) is 0 Å². The lowest BCUT2D eigenvalue weighted by Gasteiger charge is -2.56. The third-order valence-corrected chi connectivity index (χ3v) is 15.1. The molecule has 0 saturated heterocycles. The Hall–Kier alpha value is 0. The standard InChI is InChI=1S/C12H20.C9H16.C8H16.C7H14.C6H12.C6H14.2C5H12.C4H10/c1-2-12-6-9-3-10(7-12)5-11(4-9)8-12;1-2-8-5-7-3-4-9(8)6-7;1-2-8-6-4-3-5-7-8;1-7-5-3-2-4-6-7;1-6-4-2-3-5-6;1-5-6(2,3)4;1-5(2,3)4;1-4-5(2)3;1-4(2)3/h9-11H,2-8H2,1H3;7-9H,2-6H2,1H3;8H,2-7H2,1H3;7H,2-6H2,1H3;6H,2-5H2,1H3;5H2,1-4H3;1-4H3;5H,4H2,1-3H3;4H,1-3H3/i;;;7D;6D;5D2;;4D2;4D. The zero-order valence-electron chi connectivity index (χ0n) is 53.7. The van der Waals surface area contributed by atoms with Crippen LogP contribution < -0.4 is 0 Å². The molecule has 9 saturated carbocycles. The van der Waals surface area contributed by atoms with Gasteiger partial charge < -0.3 is 0 Å². The summed E-state index contributed by atoms with van der Waals surface area (Å²) < 4.78 is 50.7. The Bertz CT molecular complexity index is 1190. The molecular formula is C62H126. The highest BCUT2D eigenvalue weighted by atomic mass is 14.5. The second-order valence-corrected chi connectivity index (χ2v) is 25.7. The molecule has 6 bridgehead atoms. The lowest BCUT2D eigenvalue weighted by Crippen LogP contribution is -2.45. The van der Waals surface area contributed by atoms with Gasteiger partial charge in [0, 0.05) is 9.60 Å². The Morgan fingerprint density at radius 2 is 0.887 bits per heavy atom. The normalized spacial score (nSPS) is 33.1. The van der Waals surface area contributed by atoms with Crippen LogP contribution in [-0.2, 0) is 0 Å². The van der Waals surface area contributed by atoms with Crippen molar-refractivity contribution in [3.63, 3.8) is 0 Å². The smallest absolute Gasteiger partial charge is 0.0300 e. The molecule has 0 nitrogen and oxygen atoms in total. The lowest BCUT2D eigenvalue weighted by atomic mass is 9.49. The molecule has 0 amide bonds. The molecule has 3 atom stereocenters. The van der Waals surface area contributed by atoms with Gasteiger partial charge in [0.2, 0.25) is 0 Å². The molecule has 3 unspecified atom stereocenters. The van der Waals surface area contributed by atoms with E-state index >= 15 is 0 Å². The Labute approximate surface area is 407 Å². The minimum atomic E-state index is -1.06. The molecule has 0 aromatic rings. The van der Waals surface area contributed by atoms with Gasteiger partial charge in [-0.2, -0.15) is 0 Å². The van der Waals surface area contributed by atoms with Crippen LogP contribution >= 0.6 is 0 Å². The maximum Gasteiger partial charge on any atom is 0.0300 e. The average Bonchev–Trinajstić information content (AvgIpc) is 3.94. The molecule has 9 aliphatic carbocycles. The first-order chi connectivity index (χ1) is 31.2.